The molecule has 0 fully saturated rings. The fourth-order valence-electron chi connectivity index (χ4n) is 1.13. The summed E-state index contributed by atoms with van der Waals surface area (Å²) in [4.78, 5) is 17.8. The Kier molecular flexibility index (Phi) is 1.39. The van der Waals surface area contributed by atoms with Gasteiger partial charge in [-0.1, -0.05) is 0 Å². The second-order valence-corrected chi connectivity index (χ2v) is 2.86. The number of fused-ring (bicyclic) bond motifs is 1. The van der Waals surface area contributed by atoms with Crippen LogP contribution in [0.5, 0.6) is 0 Å². The number of nitrogens with zero attached hydrogens (tertiary/aromatic N) is 3. The number of hydrogen-bond acceptors (Lipinski definition) is 4. The molecule has 6 nitrogen and oxygen atoms in total. The van der Waals surface area contributed by atoms with E-state index >= 15 is 0 Å². The number of nitrogens with one attached hydrogen (secondary N) is 1. The van der Waals surface area contributed by atoms with Gasteiger partial charge in [-0.3, -0.25) is 9.78 Å². The summed E-state index contributed by atoms with van der Waals surface area (Å²) in [5.74, 6) is 1.29. The molecule has 2 heterocycles. The van der Waals surface area contributed by atoms with Crippen molar-refractivity contribution >= 4 is 11.6 Å². The third-order valence-corrected chi connectivity index (χ3v) is 1.89. The van der Waals surface area contributed by atoms with Crippen molar-refractivity contribution in [3.63, 3.8) is 0 Å². The van der Waals surface area contributed by atoms with Crippen molar-refractivity contribution in [2.45, 2.75) is 13.8 Å². The van der Waals surface area contributed by atoms with Crippen LogP contribution in [0, 0.1) is 13.8 Å². The minimum absolute atomic E-state index is 0.225. The van der Waals surface area contributed by atoms with Crippen molar-refractivity contribution in [2.75, 3.05) is 5.73 Å². The van der Waals surface area contributed by atoms with E-state index in [0.29, 0.717) is 23.0 Å². The van der Waals surface area contributed by atoms with E-state index in [1.807, 2.05) is 0 Å². The van der Waals surface area contributed by atoms with E-state index in [0.717, 1.165) is 0 Å². The molecule has 0 aliphatic carbocycles. The smallest absolute Gasteiger partial charge is 0.257 e. The largest absolute Gasteiger partial charge is 0.383 e. The van der Waals surface area contributed by atoms with Crippen molar-refractivity contribution in [1.82, 2.24) is 19.6 Å². The van der Waals surface area contributed by atoms with Gasteiger partial charge in [0.1, 0.15) is 11.6 Å². The van der Waals surface area contributed by atoms with Crippen LogP contribution in [0.3, 0.4) is 0 Å². The number of nitrogens with two attached hydrogens (primary N) is 1. The van der Waals surface area contributed by atoms with Crippen LogP contribution >= 0.6 is 0 Å². The van der Waals surface area contributed by atoms with Crippen molar-refractivity contribution in [2.24, 2.45) is 0 Å². The van der Waals surface area contributed by atoms with Crippen LogP contribution in [0.25, 0.3) is 5.78 Å². The molecule has 0 aliphatic heterocycles. The third kappa shape index (κ3) is 0.986. The molecule has 0 saturated heterocycles. The van der Waals surface area contributed by atoms with E-state index in [4.69, 9.17) is 5.73 Å². The van der Waals surface area contributed by atoms with Gasteiger partial charge in [0.2, 0.25) is 5.78 Å². The van der Waals surface area contributed by atoms with Crippen LogP contribution in [0.2, 0.25) is 0 Å². The van der Waals surface area contributed by atoms with E-state index in [-0.39, 0.29) is 5.56 Å². The predicted molar refractivity (Wildman–Crippen MR) is 47.5 cm³/mol. The zero-order chi connectivity index (χ0) is 9.59. The highest BCUT2D eigenvalue weighted by Crippen LogP contribution is 2.05. The summed E-state index contributed by atoms with van der Waals surface area (Å²) in [5, 5.41) is 4.03. The number of aryl methyl sites for hydroxylation is 1. The molecular formula is C7H9N5O. The highest BCUT2D eigenvalue weighted by molar-refractivity contribution is 5.44. The van der Waals surface area contributed by atoms with E-state index in [1.54, 1.807) is 13.8 Å². The number of nitrogen functional groups attached to an aromatic ring is 1. The molecule has 2 aromatic heterocycles. The Hall–Kier alpha value is -1.85. The zero-order valence-electron chi connectivity index (χ0n) is 7.33. The molecule has 0 unspecified atom stereocenters. The highest BCUT2D eigenvalue weighted by Gasteiger charge is 2.07. The molecule has 0 radical (unpaired) electrons. The number of aromatic nitrogens is 4. The van der Waals surface area contributed by atoms with Crippen molar-refractivity contribution in [1.29, 1.82) is 0 Å². The minimum atomic E-state index is -0.225. The van der Waals surface area contributed by atoms with E-state index in [1.165, 1.54) is 4.52 Å². The fourth-order valence-corrected chi connectivity index (χ4v) is 1.13. The summed E-state index contributed by atoms with van der Waals surface area (Å²) >= 11 is 0. The Balaban J connectivity index is 3.01. The Labute approximate surface area is 73.4 Å². The van der Waals surface area contributed by atoms with Gasteiger partial charge < -0.3 is 5.73 Å². The maximum Gasteiger partial charge on any atom is 0.257 e. The number of anilines is 1. The van der Waals surface area contributed by atoms with Crippen LogP contribution in [-0.4, -0.2) is 19.6 Å². The second kappa shape index (κ2) is 2.32. The predicted octanol–water partition coefficient (Wildman–Crippen LogP) is -0.383. The molecule has 6 heteroatoms. The van der Waals surface area contributed by atoms with Crippen LogP contribution in [0.4, 0.5) is 5.82 Å². The first-order chi connectivity index (χ1) is 6.09. The maximum atomic E-state index is 11.2. The van der Waals surface area contributed by atoms with Crippen LogP contribution in [0.1, 0.15) is 11.4 Å². The molecule has 0 aromatic carbocycles. The van der Waals surface area contributed by atoms with Gasteiger partial charge >= 0.3 is 0 Å². The van der Waals surface area contributed by atoms with Gasteiger partial charge in [-0.15, -0.1) is 5.10 Å². The second-order valence-electron chi connectivity index (χ2n) is 2.86. The van der Waals surface area contributed by atoms with Crippen molar-refractivity contribution < 1.29 is 0 Å². The average molecular weight is 179 g/mol. The SMILES string of the molecule is Cc1nc2[nH]c(=O)c(C)c(N)n2n1. The Morgan fingerprint density at radius 3 is 2.85 bits per heavy atom. The van der Waals surface area contributed by atoms with Crippen LogP contribution in [-0.2, 0) is 0 Å². The zero-order valence-corrected chi connectivity index (χ0v) is 7.33. The number of rotatable bonds is 0. The van der Waals surface area contributed by atoms with Crippen molar-refractivity contribution in [3.8, 4) is 0 Å². The summed E-state index contributed by atoms with van der Waals surface area (Å²) in [6.45, 7) is 3.38. The lowest BCUT2D eigenvalue weighted by Crippen LogP contribution is -2.16. The first kappa shape index (κ1) is 7.78. The lowest BCUT2D eigenvalue weighted by molar-refractivity contribution is 0.911. The van der Waals surface area contributed by atoms with Gasteiger partial charge in [0.25, 0.3) is 5.56 Å². The fraction of sp³-hybridized carbons (Fsp3) is 0.286. The molecule has 0 spiro atoms. The van der Waals surface area contributed by atoms with Gasteiger partial charge in [-0.05, 0) is 13.8 Å². The molecule has 3 N–H and O–H groups in total. The quantitative estimate of drug-likeness (QED) is 0.576. The molecule has 0 aliphatic rings. The summed E-state index contributed by atoms with van der Waals surface area (Å²) < 4.78 is 1.42. The molecule has 13 heavy (non-hydrogen) atoms. The van der Waals surface area contributed by atoms with E-state index in [9.17, 15) is 4.79 Å². The summed E-state index contributed by atoms with van der Waals surface area (Å²) in [6.07, 6.45) is 0. The molecule has 0 atom stereocenters. The molecule has 68 valence electrons. The summed E-state index contributed by atoms with van der Waals surface area (Å²) in [7, 11) is 0. The van der Waals surface area contributed by atoms with E-state index in [2.05, 4.69) is 15.1 Å². The number of hydrogen-bond donors (Lipinski definition) is 2. The van der Waals surface area contributed by atoms with Gasteiger partial charge in [0, 0.05) is 0 Å². The van der Waals surface area contributed by atoms with Gasteiger partial charge in [-0.25, -0.2) is 0 Å². The average Bonchev–Trinajstić information content (AvgIpc) is 2.42. The maximum absolute atomic E-state index is 11.2. The first-order valence-electron chi connectivity index (χ1n) is 3.81. The third-order valence-electron chi connectivity index (χ3n) is 1.89. The Morgan fingerprint density at radius 1 is 1.46 bits per heavy atom. The topological polar surface area (TPSA) is 89.1 Å². The lowest BCUT2D eigenvalue weighted by Gasteiger charge is -1.99. The van der Waals surface area contributed by atoms with Gasteiger partial charge in [0.15, 0.2) is 0 Å². The minimum Gasteiger partial charge on any atom is -0.383 e. The monoisotopic (exact) mass is 179 g/mol. The number of aromatic amines is 1. The Morgan fingerprint density at radius 2 is 2.15 bits per heavy atom. The molecule has 2 aromatic rings. The van der Waals surface area contributed by atoms with Gasteiger partial charge in [0.05, 0.1) is 5.56 Å². The molecule has 0 saturated carbocycles. The first-order valence-corrected chi connectivity index (χ1v) is 3.81. The number of H-pyrrole nitrogens is 1. The summed E-state index contributed by atoms with van der Waals surface area (Å²) in [6, 6.07) is 0. The van der Waals surface area contributed by atoms with Gasteiger partial charge in [-0.2, -0.15) is 9.50 Å². The molecule has 2 rings (SSSR count). The summed E-state index contributed by atoms with van der Waals surface area (Å²) in [5.41, 5.74) is 5.90. The molecule has 0 bridgehead atoms. The van der Waals surface area contributed by atoms with E-state index < -0.39 is 0 Å². The van der Waals surface area contributed by atoms with Crippen LogP contribution < -0.4 is 11.3 Å². The molecular weight excluding hydrogens is 170 g/mol. The normalized spacial score (nSPS) is 10.9. The standard InChI is InChI=1S/C7H9N5O/c1-3-5(8)12-7(10-6(3)13)9-4(2)11-12/h8H2,1-2H3,(H,9,10,11,13). The van der Waals surface area contributed by atoms with Crippen LogP contribution in [0.15, 0.2) is 4.79 Å². The Bertz CT molecular complexity index is 523. The molecule has 0 amide bonds. The highest BCUT2D eigenvalue weighted by atomic mass is 16.1. The van der Waals surface area contributed by atoms with Crippen molar-refractivity contribution in [3.05, 3.63) is 21.7 Å². The lowest BCUT2D eigenvalue weighted by atomic mass is 10.3.